The monoisotopic (exact) mass is 435 g/mol. The summed E-state index contributed by atoms with van der Waals surface area (Å²) in [7, 11) is 0. The van der Waals surface area contributed by atoms with Crippen molar-refractivity contribution in [3.8, 4) is 0 Å². The molecule has 0 spiro atoms. The number of aryl methyl sites for hydroxylation is 1. The lowest BCUT2D eigenvalue weighted by Crippen LogP contribution is -2.18. The molecule has 0 bridgehead atoms. The van der Waals surface area contributed by atoms with E-state index in [0.717, 1.165) is 0 Å². The third-order valence-electron chi connectivity index (χ3n) is 3.75. The van der Waals surface area contributed by atoms with Gasteiger partial charge in [-0.2, -0.15) is 10.2 Å². The fourth-order valence-electron chi connectivity index (χ4n) is 2.46. The number of aromatic carboxylic acids is 1. The van der Waals surface area contributed by atoms with Gasteiger partial charge >= 0.3 is 5.97 Å². The minimum atomic E-state index is -1.11. The highest BCUT2D eigenvalue weighted by Gasteiger charge is 2.14. The molecule has 0 unspecified atom stereocenters. The van der Waals surface area contributed by atoms with E-state index in [1.54, 1.807) is 24.4 Å². The molecule has 140 valence electrons. The number of hydrogen-bond acceptors (Lipinski definition) is 4. The summed E-state index contributed by atoms with van der Waals surface area (Å²) in [6, 6.07) is 7.74. The van der Waals surface area contributed by atoms with E-state index >= 15 is 0 Å². The summed E-state index contributed by atoms with van der Waals surface area (Å²) >= 11 is 3.31. The third kappa shape index (κ3) is 4.59. The first-order valence-corrected chi connectivity index (χ1v) is 8.74. The van der Waals surface area contributed by atoms with Gasteiger partial charge < -0.3 is 10.4 Å². The number of carboxylic acids is 1. The Labute approximate surface area is 161 Å². The minimum Gasteiger partial charge on any atom is -0.477 e. The number of carbonyl (C=O) groups excluding carboxylic acids is 1. The van der Waals surface area contributed by atoms with Gasteiger partial charge in [-0.15, -0.1) is 0 Å². The highest BCUT2D eigenvalue weighted by atomic mass is 79.9. The highest BCUT2D eigenvalue weighted by Crippen LogP contribution is 2.21. The Morgan fingerprint density at radius 1 is 1.26 bits per heavy atom. The normalized spacial score (nSPS) is 10.7. The summed E-state index contributed by atoms with van der Waals surface area (Å²) in [4.78, 5) is 23.2. The molecule has 27 heavy (non-hydrogen) atoms. The number of amides is 1. The molecule has 3 aromatic rings. The van der Waals surface area contributed by atoms with Crippen LogP contribution in [0.4, 0.5) is 10.2 Å². The number of benzene rings is 1. The van der Waals surface area contributed by atoms with Crippen molar-refractivity contribution in [2.75, 3.05) is 5.32 Å². The molecule has 2 N–H and O–H groups in total. The van der Waals surface area contributed by atoms with E-state index in [2.05, 4.69) is 31.4 Å². The first kappa shape index (κ1) is 18.8. The quantitative estimate of drug-likeness (QED) is 0.593. The SMILES string of the molecule is O=C(CCn1nccc1C(=O)O)Nc1nn(Cc2ccccc2F)cc1Br. The zero-order chi connectivity index (χ0) is 19.4. The second kappa shape index (κ2) is 8.12. The predicted molar refractivity (Wildman–Crippen MR) is 97.9 cm³/mol. The Bertz CT molecular complexity index is 985. The van der Waals surface area contributed by atoms with E-state index < -0.39 is 5.97 Å². The molecule has 1 aromatic carbocycles. The molecule has 3 rings (SSSR count). The Morgan fingerprint density at radius 3 is 2.78 bits per heavy atom. The van der Waals surface area contributed by atoms with Gasteiger partial charge in [0.15, 0.2) is 5.82 Å². The number of nitrogens with one attached hydrogen (secondary N) is 1. The van der Waals surface area contributed by atoms with Gasteiger partial charge in [0.1, 0.15) is 11.5 Å². The number of nitrogens with zero attached hydrogens (tertiary/aromatic N) is 4. The van der Waals surface area contributed by atoms with Crippen LogP contribution in [0.1, 0.15) is 22.5 Å². The van der Waals surface area contributed by atoms with Crippen molar-refractivity contribution >= 4 is 33.6 Å². The van der Waals surface area contributed by atoms with Crippen LogP contribution >= 0.6 is 15.9 Å². The van der Waals surface area contributed by atoms with Gasteiger partial charge in [-0.05, 0) is 28.1 Å². The maximum Gasteiger partial charge on any atom is 0.354 e. The van der Waals surface area contributed by atoms with Crippen LogP contribution in [-0.4, -0.2) is 36.5 Å². The summed E-state index contributed by atoms with van der Waals surface area (Å²) in [5.41, 5.74) is 0.489. The Morgan fingerprint density at radius 2 is 2.04 bits per heavy atom. The molecule has 0 atom stereocenters. The van der Waals surface area contributed by atoms with Crippen LogP contribution in [0.2, 0.25) is 0 Å². The van der Waals surface area contributed by atoms with Gasteiger partial charge in [-0.3, -0.25) is 14.2 Å². The number of hydrogen-bond donors (Lipinski definition) is 2. The highest BCUT2D eigenvalue weighted by molar-refractivity contribution is 9.10. The van der Waals surface area contributed by atoms with Crippen LogP contribution in [0.5, 0.6) is 0 Å². The molecular formula is C17H15BrFN5O3. The van der Waals surface area contributed by atoms with Crippen molar-refractivity contribution < 1.29 is 19.1 Å². The number of anilines is 1. The third-order valence-corrected chi connectivity index (χ3v) is 4.33. The fourth-order valence-corrected chi connectivity index (χ4v) is 2.87. The summed E-state index contributed by atoms with van der Waals surface area (Å²) in [6.07, 6.45) is 3.02. The molecule has 8 nitrogen and oxygen atoms in total. The topological polar surface area (TPSA) is 102 Å². The largest absolute Gasteiger partial charge is 0.477 e. The first-order chi connectivity index (χ1) is 12.9. The lowest BCUT2D eigenvalue weighted by Gasteiger charge is -2.05. The average molecular weight is 436 g/mol. The van der Waals surface area contributed by atoms with Gasteiger partial charge in [-0.25, -0.2) is 9.18 Å². The Hall–Kier alpha value is -3.01. The fraction of sp³-hybridized carbons (Fsp3) is 0.176. The lowest BCUT2D eigenvalue weighted by atomic mass is 10.2. The standard InChI is InChI=1S/C17H15BrFN5O3/c18-12-10-23(9-11-3-1-2-4-13(11)19)22-16(12)21-15(25)6-8-24-14(17(26)27)5-7-20-24/h1-5,7,10H,6,8-9H2,(H,26,27)(H,21,22,25). The summed E-state index contributed by atoms with van der Waals surface area (Å²) in [5, 5.41) is 19.8. The van der Waals surface area contributed by atoms with Crippen molar-refractivity contribution in [2.45, 2.75) is 19.5 Å². The van der Waals surface area contributed by atoms with Crippen LogP contribution in [-0.2, 0) is 17.9 Å². The molecular weight excluding hydrogens is 421 g/mol. The zero-order valence-corrected chi connectivity index (χ0v) is 15.6. The smallest absolute Gasteiger partial charge is 0.354 e. The molecule has 2 aromatic heterocycles. The molecule has 0 radical (unpaired) electrons. The van der Waals surface area contributed by atoms with E-state index in [1.807, 2.05) is 0 Å². The summed E-state index contributed by atoms with van der Waals surface area (Å²) < 4.78 is 17.0. The van der Waals surface area contributed by atoms with Crippen LogP contribution < -0.4 is 5.32 Å². The van der Waals surface area contributed by atoms with E-state index in [9.17, 15) is 14.0 Å². The Balaban J connectivity index is 1.61. The predicted octanol–water partition coefficient (Wildman–Crippen LogP) is 2.76. The number of rotatable bonds is 7. The van der Waals surface area contributed by atoms with Crippen molar-refractivity contribution in [1.29, 1.82) is 0 Å². The van der Waals surface area contributed by atoms with E-state index in [-0.39, 0.29) is 36.9 Å². The van der Waals surface area contributed by atoms with Crippen molar-refractivity contribution in [1.82, 2.24) is 19.6 Å². The maximum absolute atomic E-state index is 13.7. The molecule has 10 heteroatoms. The second-order valence-electron chi connectivity index (χ2n) is 5.66. The molecule has 0 saturated heterocycles. The molecule has 0 aliphatic carbocycles. The number of carbonyl (C=O) groups is 2. The van der Waals surface area contributed by atoms with Gasteiger partial charge in [0.2, 0.25) is 5.91 Å². The first-order valence-electron chi connectivity index (χ1n) is 7.95. The van der Waals surface area contributed by atoms with Crippen molar-refractivity contribution in [3.05, 3.63) is 64.3 Å². The van der Waals surface area contributed by atoms with Gasteiger partial charge in [0, 0.05) is 24.4 Å². The Kier molecular flexibility index (Phi) is 5.65. The van der Waals surface area contributed by atoms with Gasteiger partial charge in [0.25, 0.3) is 0 Å². The molecule has 0 aliphatic heterocycles. The molecule has 2 heterocycles. The van der Waals surface area contributed by atoms with Crippen LogP contribution in [0.25, 0.3) is 0 Å². The summed E-state index contributed by atoms with van der Waals surface area (Å²) in [6.45, 7) is 0.338. The van der Waals surface area contributed by atoms with Crippen molar-refractivity contribution in [3.63, 3.8) is 0 Å². The molecule has 0 saturated carbocycles. The number of carboxylic acid groups (broad SMARTS) is 1. The zero-order valence-electron chi connectivity index (χ0n) is 14.0. The average Bonchev–Trinajstić information content (AvgIpc) is 3.22. The van der Waals surface area contributed by atoms with Gasteiger partial charge in [0.05, 0.1) is 17.6 Å². The van der Waals surface area contributed by atoms with E-state index in [1.165, 1.54) is 27.7 Å². The number of halogens is 2. The maximum atomic E-state index is 13.7. The van der Waals surface area contributed by atoms with E-state index in [4.69, 9.17) is 5.11 Å². The molecule has 0 aliphatic rings. The molecule has 1 amide bonds. The van der Waals surface area contributed by atoms with E-state index in [0.29, 0.717) is 15.9 Å². The van der Waals surface area contributed by atoms with Crippen LogP contribution in [0, 0.1) is 5.82 Å². The summed E-state index contributed by atoms with van der Waals surface area (Å²) in [5.74, 6) is -1.49. The lowest BCUT2D eigenvalue weighted by molar-refractivity contribution is -0.116. The second-order valence-corrected chi connectivity index (χ2v) is 6.51. The molecule has 0 fully saturated rings. The van der Waals surface area contributed by atoms with Gasteiger partial charge in [-0.1, -0.05) is 18.2 Å². The van der Waals surface area contributed by atoms with Crippen LogP contribution in [0.3, 0.4) is 0 Å². The van der Waals surface area contributed by atoms with Crippen molar-refractivity contribution in [2.24, 2.45) is 0 Å². The number of aromatic nitrogens is 4. The van der Waals surface area contributed by atoms with Crippen LogP contribution in [0.15, 0.2) is 47.2 Å². The minimum absolute atomic E-state index is 0.0122.